The maximum atomic E-state index is 11.8. The molecule has 16 heavy (non-hydrogen) atoms. The smallest absolute Gasteiger partial charge is 0.222 e. The summed E-state index contributed by atoms with van der Waals surface area (Å²) in [5.74, 6) is 0.207. The molecule has 0 aromatic rings. The van der Waals surface area contributed by atoms with E-state index in [4.69, 9.17) is 10.5 Å². The summed E-state index contributed by atoms with van der Waals surface area (Å²) in [5, 5.41) is 0. The Bertz CT molecular complexity index is 174. The highest BCUT2D eigenvalue weighted by Gasteiger charge is 2.11. The molecule has 4 heteroatoms. The van der Waals surface area contributed by atoms with Crippen LogP contribution in [-0.2, 0) is 9.53 Å². The molecule has 4 nitrogen and oxygen atoms in total. The minimum atomic E-state index is 0.207. The fourth-order valence-electron chi connectivity index (χ4n) is 1.58. The van der Waals surface area contributed by atoms with E-state index >= 15 is 0 Å². The van der Waals surface area contributed by atoms with Gasteiger partial charge in [-0.3, -0.25) is 4.79 Å². The van der Waals surface area contributed by atoms with Gasteiger partial charge in [-0.1, -0.05) is 26.2 Å². The monoisotopic (exact) mass is 230 g/mol. The second-order valence-corrected chi connectivity index (χ2v) is 3.97. The summed E-state index contributed by atoms with van der Waals surface area (Å²) in [5.41, 5.74) is 5.48. The molecule has 0 atom stereocenters. The first-order valence-corrected chi connectivity index (χ1v) is 6.23. The first-order chi connectivity index (χ1) is 7.76. The summed E-state index contributed by atoms with van der Waals surface area (Å²) in [4.78, 5) is 13.6. The SMILES string of the molecule is CCCCCCC(=O)N(CCN)CCOC. The van der Waals surface area contributed by atoms with Crippen molar-refractivity contribution in [1.29, 1.82) is 0 Å². The number of unbranched alkanes of at least 4 members (excludes halogenated alkanes) is 3. The number of nitrogens with zero attached hydrogens (tertiary/aromatic N) is 1. The minimum Gasteiger partial charge on any atom is -0.383 e. The number of amides is 1. The van der Waals surface area contributed by atoms with Gasteiger partial charge in [-0.05, 0) is 6.42 Å². The van der Waals surface area contributed by atoms with Crippen LogP contribution < -0.4 is 5.73 Å². The summed E-state index contributed by atoms with van der Waals surface area (Å²) < 4.78 is 4.98. The molecular weight excluding hydrogens is 204 g/mol. The van der Waals surface area contributed by atoms with Crippen molar-refractivity contribution < 1.29 is 9.53 Å². The summed E-state index contributed by atoms with van der Waals surface area (Å²) in [6.45, 7) is 4.56. The molecule has 0 aromatic carbocycles. The lowest BCUT2D eigenvalue weighted by Gasteiger charge is -2.21. The predicted molar refractivity (Wildman–Crippen MR) is 66.3 cm³/mol. The molecule has 0 saturated heterocycles. The van der Waals surface area contributed by atoms with Crippen molar-refractivity contribution in [2.24, 2.45) is 5.73 Å². The van der Waals surface area contributed by atoms with Gasteiger partial charge in [0.25, 0.3) is 0 Å². The number of hydrogen-bond acceptors (Lipinski definition) is 3. The van der Waals surface area contributed by atoms with Crippen molar-refractivity contribution in [3.63, 3.8) is 0 Å². The van der Waals surface area contributed by atoms with Crippen LogP contribution in [0.25, 0.3) is 0 Å². The maximum Gasteiger partial charge on any atom is 0.222 e. The van der Waals surface area contributed by atoms with Crippen LogP contribution in [0.4, 0.5) is 0 Å². The third-order valence-corrected chi connectivity index (χ3v) is 2.56. The molecule has 0 spiro atoms. The Morgan fingerprint density at radius 3 is 2.56 bits per heavy atom. The van der Waals surface area contributed by atoms with Gasteiger partial charge >= 0.3 is 0 Å². The Morgan fingerprint density at radius 2 is 2.00 bits per heavy atom. The second-order valence-electron chi connectivity index (χ2n) is 3.97. The van der Waals surface area contributed by atoms with Crippen LogP contribution in [0.15, 0.2) is 0 Å². The van der Waals surface area contributed by atoms with Crippen LogP contribution in [0.2, 0.25) is 0 Å². The van der Waals surface area contributed by atoms with E-state index in [9.17, 15) is 4.79 Å². The van der Waals surface area contributed by atoms with Gasteiger partial charge in [0.05, 0.1) is 6.61 Å². The molecule has 1 amide bonds. The summed E-state index contributed by atoms with van der Waals surface area (Å²) >= 11 is 0. The third-order valence-electron chi connectivity index (χ3n) is 2.56. The molecule has 0 bridgehead atoms. The quantitative estimate of drug-likeness (QED) is 0.577. The highest BCUT2D eigenvalue weighted by molar-refractivity contribution is 5.76. The molecule has 0 aliphatic carbocycles. The van der Waals surface area contributed by atoms with Crippen LogP contribution >= 0.6 is 0 Å². The van der Waals surface area contributed by atoms with Gasteiger partial charge in [0.2, 0.25) is 5.91 Å². The zero-order valence-corrected chi connectivity index (χ0v) is 10.7. The lowest BCUT2D eigenvalue weighted by Crippen LogP contribution is -2.37. The first kappa shape index (κ1) is 15.4. The molecule has 0 aliphatic rings. The lowest BCUT2D eigenvalue weighted by atomic mass is 10.1. The molecule has 0 rings (SSSR count). The van der Waals surface area contributed by atoms with Crippen molar-refractivity contribution >= 4 is 5.91 Å². The van der Waals surface area contributed by atoms with E-state index < -0.39 is 0 Å². The molecule has 0 radical (unpaired) electrons. The molecule has 0 heterocycles. The van der Waals surface area contributed by atoms with Crippen molar-refractivity contribution in [3.05, 3.63) is 0 Å². The first-order valence-electron chi connectivity index (χ1n) is 6.23. The van der Waals surface area contributed by atoms with Crippen LogP contribution in [-0.4, -0.2) is 44.2 Å². The number of carbonyl (C=O) groups is 1. The van der Waals surface area contributed by atoms with Gasteiger partial charge in [-0.2, -0.15) is 0 Å². The average Bonchev–Trinajstić information content (AvgIpc) is 2.29. The van der Waals surface area contributed by atoms with Gasteiger partial charge in [0, 0.05) is 33.2 Å². The van der Waals surface area contributed by atoms with Gasteiger partial charge < -0.3 is 15.4 Å². The number of rotatable bonds is 10. The van der Waals surface area contributed by atoms with E-state index in [1.165, 1.54) is 12.8 Å². The Morgan fingerprint density at radius 1 is 1.25 bits per heavy atom. The molecule has 0 fully saturated rings. The number of hydrogen-bond donors (Lipinski definition) is 1. The zero-order valence-electron chi connectivity index (χ0n) is 10.7. The van der Waals surface area contributed by atoms with Gasteiger partial charge in [-0.25, -0.2) is 0 Å². The van der Waals surface area contributed by atoms with E-state index in [0.717, 1.165) is 12.8 Å². The van der Waals surface area contributed by atoms with E-state index in [0.29, 0.717) is 32.7 Å². The van der Waals surface area contributed by atoms with Crippen LogP contribution in [0.1, 0.15) is 39.0 Å². The minimum absolute atomic E-state index is 0.207. The van der Waals surface area contributed by atoms with Crippen LogP contribution in [0.5, 0.6) is 0 Å². The van der Waals surface area contributed by atoms with Crippen LogP contribution in [0.3, 0.4) is 0 Å². The normalized spacial score (nSPS) is 10.4. The molecule has 0 aliphatic heterocycles. The van der Waals surface area contributed by atoms with Gasteiger partial charge in [0.15, 0.2) is 0 Å². The standard InChI is InChI=1S/C12H26N2O2/c1-3-4-5-6-7-12(15)14(9-8-13)10-11-16-2/h3-11,13H2,1-2H3. The third kappa shape index (κ3) is 7.65. The Balaban J connectivity index is 3.77. The lowest BCUT2D eigenvalue weighted by molar-refractivity contribution is -0.131. The highest BCUT2D eigenvalue weighted by atomic mass is 16.5. The topological polar surface area (TPSA) is 55.6 Å². The van der Waals surface area contributed by atoms with Crippen molar-refractivity contribution in [1.82, 2.24) is 4.90 Å². The van der Waals surface area contributed by atoms with E-state index in [1.54, 1.807) is 12.0 Å². The van der Waals surface area contributed by atoms with Gasteiger partial charge in [0.1, 0.15) is 0 Å². The molecule has 0 unspecified atom stereocenters. The van der Waals surface area contributed by atoms with E-state index in [1.807, 2.05) is 0 Å². The van der Waals surface area contributed by atoms with E-state index in [-0.39, 0.29) is 5.91 Å². The summed E-state index contributed by atoms with van der Waals surface area (Å²) in [6, 6.07) is 0. The molecular formula is C12H26N2O2. The summed E-state index contributed by atoms with van der Waals surface area (Å²) in [7, 11) is 1.65. The Labute approximate surface area is 99.1 Å². The molecule has 0 aromatic heterocycles. The summed E-state index contributed by atoms with van der Waals surface area (Å²) in [6.07, 6.45) is 5.18. The van der Waals surface area contributed by atoms with Crippen LogP contribution in [0, 0.1) is 0 Å². The number of methoxy groups -OCH3 is 1. The number of ether oxygens (including phenoxy) is 1. The zero-order chi connectivity index (χ0) is 12.2. The van der Waals surface area contributed by atoms with Crippen molar-refractivity contribution in [2.45, 2.75) is 39.0 Å². The molecule has 0 saturated carbocycles. The second kappa shape index (κ2) is 10.9. The largest absolute Gasteiger partial charge is 0.383 e. The number of carbonyl (C=O) groups excluding carboxylic acids is 1. The Hall–Kier alpha value is -0.610. The van der Waals surface area contributed by atoms with Crippen molar-refractivity contribution in [2.75, 3.05) is 33.4 Å². The fraction of sp³-hybridized carbons (Fsp3) is 0.917. The fourth-order valence-corrected chi connectivity index (χ4v) is 1.58. The molecule has 2 N–H and O–H groups in total. The highest BCUT2D eigenvalue weighted by Crippen LogP contribution is 2.05. The average molecular weight is 230 g/mol. The maximum absolute atomic E-state index is 11.8. The van der Waals surface area contributed by atoms with Gasteiger partial charge in [-0.15, -0.1) is 0 Å². The molecule has 96 valence electrons. The van der Waals surface area contributed by atoms with E-state index in [2.05, 4.69) is 6.92 Å². The van der Waals surface area contributed by atoms with Crippen molar-refractivity contribution in [3.8, 4) is 0 Å². The number of nitrogens with two attached hydrogens (primary N) is 1. The Kier molecular flexibility index (Phi) is 10.5. The predicted octanol–water partition coefficient (Wildman–Crippen LogP) is 1.39.